The molecule has 2 aromatic rings. The van der Waals surface area contributed by atoms with Gasteiger partial charge in [0, 0.05) is 11.4 Å². The van der Waals surface area contributed by atoms with Crippen molar-refractivity contribution in [1.29, 1.82) is 0 Å². The molecule has 1 aromatic heterocycles. The maximum Gasteiger partial charge on any atom is 0.224 e. The molecule has 0 aliphatic carbocycles. The first-order valence-corrected chi connectivity index (χ1v) is 8.71. The van der Waals surface area contributed by atoms with Crippen LogP contribution >= 0.6 is 11.8 Å². The summed E-state index contributed by atoms with van der Waals surface area (Å²) >= 11 is 1.63. The summed E-state index contributed by atoms with van der Waals surface area (Å²) in [5.41, 5.74) is 6.75. The third-order valence-electron chi connectivity index (χ3n) is 3.20. The van der Waals surface area contributed by atoms with Crippen LogP contribution in [0.1, 0.15) is 32.0 Å². The summed E-state index contributed by atoms with van der Waals surface area (Å²) in [6.45, 7) is 2.69. The van der Waals surface area contributed by atoms with E-state index in [1.54, 1.807) is 18.9 Å². The van der Waals surface area contributed by atoms with E-state index in [9.17, 15) is 0 Å². The first-order chi connectivity index (χ1) is 11.2. The number of thioether (sulfide) groups is 1. The first-order valence-electron chi connectivity index (χ1n) is 7.72. The highest BCUT2D eigenvalue weighted by Crippen LogP contribution is 2.18. The molecule has 6 nitrogen and oxygen atoms in total. The Morgan fingerprint density at radius 1 is 1.13 bits per heavy atom. The maximum absolute atomic E-state index is 5.78. The van der Waals surface area contributed by atoms with Gasteiger partial charge < -0.3 is 15.8 Å². The Hall–Kier alpha value is -2.02. The van der Waals surface area contributed by atoms with Crippen LogP contribution in [0.3, 0.4) is 0 Å². The maximum atomic E-state index is 5.78. The van der Waals surface area contributed by atoms with Crippen molar-refractivity contribution in [1.82, 2.24) is 15.0 Å². The summed E-state index contributed by atoms with van der Waals surface area (Å²) in [6, 6.07) is 7.70. The van der Waals surface area contributed by atoms with E-state index in [2.05, 4.69) is 27.2 Å². The Morgan fingerprint density at radius 3 is 2.61 bits per heavy atom. The number of nitrogen functional groups attached to an aromatic ring is 1. The van der Waals surface area contributed by atoms with Crippen molar-refractivity contribution in [3.63, 3.8) is 0 Å². The van der Waals surface area contributed by atoms with Gasteiger partial charge in [0.15, 0.2) is 11.0 Å². The molecule has 1 heterocycles. The van der Waals surface area contributed by atoms with Gasteiger partial charge in [0.25, 0.3) is 0 Å². The van der Waals surface area contributed by atoms with Crippen molar-refractivity contribution in [3.8, 4) is 5.75 Å². The number of nitrogens with zero attached hydrogens (tertiary/aromatic N) is 3. The Bertz CT molecular complexity index is 606. The summed E-state index contributed by atoms with van der Waals surface area (Å²) in [4.78, 5) is 12.8. The molecule has 0 spiro atoms. The monoisotopic (exact) mass is 333 g/mol. The molecule has 0 amide bonds. The van der Waals surface area contributed by atoms with E-state index >= 15 is 0 Å². The van der Waals surface area contributed by atoms with Crippen LogP contribution in [0, 0.1) is 0 Å². The molecule has 3 N–H and O–H groups in total. The SMILES string of the molecule is CCCCCSc1nc(N)nc(CNc2ccc(OC)cc2)n1. The second-order valence-electron chi connectivity index (χ2n) is 5.03. The summed E-state index contributed by atoms with van der Waals surface area (Å²) < 4.78 is 5.14. The average Bonchev–Trinajstić information content (AvgIpc) is 2.57. The van der Waals surface area contributed by atoms with Crippen LogP contribution in [-0.4, -0.2) is 27.8 Å². The van der Waals surface area contributed by atoms with E-state index in [0.717, 1.165) is 23.6 Å². The Morgan fingerprint density at radius 2 is 1.91 bits per heavy atom. The smallest absolute Gasteiger partial charge is 0.224 e. The van der Waals surface area contributed by atoms with Crippen molar-refractivity contribution < 1.29 is 4.74 Å². The molecule has 124 valence electrons. The third kappa shape index (κ3) is 5.94. The quantitative estimate of drug-likeness (QED) is 0.537. The highest BCUT2D eigenvalue weighted by atomic mass is 32.2. The van der Waals surface area contributed by atoms with Crippen LogP contribution in [0.2, 0.25) is 0 Å². The number of hydrogen-bond acceptors (Lipinski definition) is 7. The summed E-state index contributed by atoms with van der Waals surface area (Å²) in [5.74, 6) is 2.74. The second-order valence-corrected chi connectivity index (χ2v) is 6.09. The van der Waals surface area contributed by atoms with Gasteiger partial charge in [-0.3, -0.25) is 0 Å². The molecular weight excluding hydrogens is 310 g/mol. The van der Waals surface area contributed by atoms with E-state index in [-0.39, 0.29) is 5.95 Å². The van der Waals surface area contributed by atoms with Crippen LogP contribution in [0.4, 0.5) is 11.6 Å². The van der Waals surface area contributed by atoms with E-state index in [1.165, 1.54) is 12.8 Å². The number of nitrogens with one attached hydrogen (secondary N) is 1. The van der Waals surface area contributed by atoms with Gasteiger partial charge >= 0.3 is 0 Å². The summed E-state index contributed by atoms with van der Waals surface area (Å²) in [7, 11) is 1.65. The predicted molar refractivity (Wildman–Crippen MR) is 94.8 cm³/mol. The topological polar surface area (TPSA) is 86.0 Å². The van der Waals surface area contributed by atoms with Gasteiger partial charge in [-0.1, -0.05) is 31.5 Å². The minimum atomic E-state index is 0.268. The zero-order valence-corrected chi connectivity index (χ0v) is 14.4. The number of anilines is 2. The molecule has 0 unspecified atom stereocenters. The number of rotatable bonds is 9. The van der Waals surface area contributed by atoms with Gasteiger partial charge in [-0.25, -0.2) is 4.98 Å². The van der Waals surface area contributed by atoms with Crippen LogP contribution < -0.4 is 15.8 Å². The van der Waals surface area contributed by atoms with Gasteiger partial charge in [-0.05, 0) is 30.7 Å². The van der Waals surface area contributed by atoms with Crippen LogP contribution in [0.5, 0.6) is 5.75 Å². The zero-order valence-electron chi connectivity index (χ0n) is 13.6. The van der Waals surface area contributed by atoms with Gasteiger partial charge in [-0.15, -0.1) is 0 Å². The highest BCUT2D eigenvalue weighted by Gasteiger charge is 2.05. The van der Waals surface area contributed by atoms with Gasteiger partial charge in [-0.2, -0.15) is 9.97 Å². The molecule has 2 rings (SSSR count). The van der Waals surface area contributed by atoms with E-state index in [1.807, 2.05) is 24.3 Å². The van der Waals surface area contributed by atoms with Crippen molar-refractivity contribution in [2.75, 3.05) is 23.9 Å². The number of ether oxygens (including phenoxy) is 1. The van der Waals surface area contributed by atoms with Crippen molar-refractivity contribution in [3.05, 3.63) is 30.1 Å². The van der Waals surface area contributed by atoms with E-state index < -0.39 is 0 Å². The molecule has 0 radical (unpaired) electrons. The number of benzene rings is 1. The lowest BCUT2D eigenvalue weighted by Gasteiger charge is -2.08. The van der Waals surface area contributed by atoms with Crippen molar-refractivity contribution in [2.45, 2.75) is 37.9 Å². The minimum absolute atomic E-state index is 0.268. The number of aromatic nitrogens is 3. The first kappa shape index (κ1) is 17.3. The van der Waals surface area contributed by atoms with Crippen LogP contribution in [0.25, 0.3) is 0 Å². The molecule has 0 fully saturated rings. The molecule has 23 heavy (non-hydrogen) atoms. The molecule has 1 aromatic carbocycles. The van der Waals surface area contributed by atoms with Crippen molar-refractivity contribution >= 4 is 23.4 Å². The number of methoxy groups -OCH3 is 1. The van der Waals surface area contributed by atoms with Gasteiger partial charge in [0.05, 0.1) is 13.7 Å². The largest absolute Gasteiger partial charge is 0.497 e. The zero-order chi connectivity index (χ0) is 16.5. The molecule has 0 aliphatic rings. The van der Waals surface area contributed by atoms with E-state index in [0.29, 0.717) is 17.5 Å². The van der Waals surface area contributed by atoms with Gasteiger partial charge in [0.2, 0.25) is 5.95 Å². The molecule has 0 saturated carbocycles. The summed E-state index contributed by atoms with van der Waals surface area (Å²) in [5, 5.41) is 3.96. The van der Waals surface area contributed by atoms with Crippen LogP contribution in [-0.2, 0) is 6.54 Å². The lowest BCUT2D eigenvalue weighted by molar-refractivity contribution is 0.415. The minimum Gasteiger partial charge on any atom is -0.497 e. The normalized spacial score (nSPS) is 10.5. The van der Waals surface area contributed by atoms with Gasteiger partial charge in [0.1, 0.15) is 5.75 Å². The third-order valence-corrected chi connectivity index (χ3v) is 4.13. The lowest BCUT2D eigenvalue weighted by Crippen LogP contribution is -2.09. The van der Waals surface area contributed by atoms with Crippen LogP contribution in [0.15, 0.2) is 29.4 Å². The number of nitrogens with two attached hydrogens (primary N) is 1. The number of hydrogen-bond donors (Lipinski definition) is 2. The highest BCUT2D eigenvalue weighted by molar-refractivity contribution is 7.99. The predicted octanol–water partition coefficient (Wildman–Crippen LogP) is 3.36. The van der Waals surface area contributed by atoms with E-state index in [4.69, 9.17) is 10.5 Å². The Balaban J connectivity index is 1.92. The molecule has 0 atom stereocenters. The fourth-order valence-corrected chi connectivity index (χ4v) is 2.82. The molecule has 0 saturated heterocycles. The molecular formula is C16H23N5OS. The molecule has 0 aliphatic heterocycles. The lowest BCUT2D eigenvalue weighted by atomic mass is 10.3. The Labute approximate surface area is 141 Å². The Kier molecular flexibility index (Phi) is 6.93. The fraction of sp³-hybridized carbons (Fsp3) is 0.438. The molecule has 7 heteroatoms. The number of unbranched alkanes of at least 4 members (excludes halogenated alkanes) is 2. The molecule has 0 bridgehead atoms. The van der Waals surface area contributed by atoms with Crippen molar-refractivity contribution in [2.24, 2.45) is 0 Å². The standard InChI is InChI=1S/C16H23N5OS/c1-3-4-5-10-23-16-20-14(19-15(17)21-16)11-18-12-6-8-13(22-2)9-7-12/h6-9,18H,3-5,10-11H2,1-2H3,(H2,17,19,20,21). The summed E-state index contributed by atoms with van der Waals surface area (Å²) in [6.07, 6.45) is 3.59. The fourth-order valence-electron chi connectivity index (χ4n) is 1.96. The average molecular weight is 333 g/mol. The second kappa shape index (κ2) is 9.19.